The molecular weight excluding hydrogens is 529 g/mol. The molecule has 0 spiro atoms. The average molecular weight is 552 g/mol. The predicted octanol–water partition coefficient (Wildman–Crippen LogP) is 3.65. The quantitative estimate of drug-likeness (QED) is 0.326. The fraction of sp³-hybridized carbons (Fsp3) is 0.222. The first-order chi connectivity index (χ1) is 18.8. The molecule has 1 aliphatic rings. The number of carboxylic acid groups (broad SMARTS) is 1. The van der Waals surface area contributed by atoms with Gasteiger partial charge in [-0.25, -0.2) is 28.5 Å². The molecular formula is C27H23ClFN5O5. The van der Waals surface area contributed by atoms with E-state index in [2.05, 4.69) is 15.0 Å². The van der Waals surface area contributed by atoms with Crippen molar-refractivity contribution in [3.8, 4) is 11.6 Å². The maximum Gasteiger partial charge on any atom is 0.335 e. The molecule has 39 heavy (non-hydrogen) atoms. The minimum absolute atomic E-state index is 0.00748. The lowest BCUT2D eigenvalue weighted by molar-refractivity contribution is -0.138. The second-order valence-electron chi connectivity index (χ2n) is 9.11. The molecule has 5 rings (SSSR count). The Morgan fingerprint density at radius 1 is 1.13 bits per heavy atom. The number of alkyl halides is 1. The molecule has 2 aromatic heterocycles. The van der Waals surface area contributed by atoms with E-state index in [0.29, 0.717) is 28.4 Å². The van der Waals surface area contributed by atoms with Crippen LogP contribution in [0.3, 0.4) is 0 Å². The summed E-state index contributed by atoms with van der Waals surface area (Å²) in [4.78, 5) is 48.8. The number of benzene rings is 2. The summed E-state index contributed by atoms with van der Waals surface area (Å²) in [7, 11) is 0. The van der Waals surface area contributed by atoms with E-state index in [-0.39, 0.29) is 30.5 Å². The summed E-state index contributed by atoms with van der Waals surface area (Å²) in [5, 5.41) is 9.75. The molecule has 1 aliphatic carbocycles. The smallest absolute Gasteiger partial charge is 0.335 e. The third kappa shape index (κ3) is 5.99. The van der Waals surface area contributed by atoms with Crippen molar-refractivity contribution in [2.75, 3.05) is 0 Å². The summed E-state index contributed by atoms with van der Waals surface area (Å²) in [6.45, 7) is -0.640. The molecule has 2 aromatic carbocycles. The van der Waals surface area contributed by atoms with Crippen LogP contribution in [0.1, 0.15) is 17.5 Å². The van der Waals surface area contributed by atoms with Gasteiger partial charge in [-0.3, -0.25) is 14.3 Å². The highest BCUT2D eigenvalue weighted by molar-refractivity contribution is 6.30. The zero-order valence-electron chi connectivity index (χ0n) is 20.5. The molecule has 0 aliphatic heterocycles. The zero-order valence-corrected chi connectivity index (χ0v) is 21.2. The zero-order chi connectivity index (χ0) is 27.5. The van der Waals surface area contributed by atoms with Crippen LogP contribution in [0.25, 0.3) is 0 Å². The number of aromatic nitrogens is 4. The summed E-state index contributed by atoms with van der Waals surface area (Å²) in [6.07, 6.45) is 1.91. The number of pyridine rings is 1. The van der Waals surface area contributed by atoms with Crippen molar-refractivity contribution < 1.29 is 19.0 Å². The Labute approximate surface area is 225 Å². The van der Waals surface area contributed by atoms with Crippen molar-refractivity contribution in [2.45, 2.75) is 26.2 Å². The van der Waals surface area contributed by atoms with Crippen molar-refractivity contribution >= 4 is 23.3 Å². The summed E-state index contributed by atoms with van der Waals surface area (Å²) < 4.78 is 21.2. The fourth-order valence-electron chi connectivity index (χ4n) is 4.14. The number of hydrogen-bond donors (Lipinski definition) is 2. The number of aromatic amines is 1. The number of rotatable bonds is 9. The van der Waals surface area contributed by atoms with E-state index in [1.165, 1.54) is 10.8 Å². The highest BCUT2D eigenvalue weighted by Gasteiger charge is 2.43. The molecule has 2 heterocycles. The molecule has 2 atom stereocenters. The molecule has 0 saturated heterocycles. The average Bonchev–Trinajstić information content (AvgIpc) is 3.71. The number of aliphatic carboxylic acids is 1. The van der Waals surface area contributed by atoms with Crippen molar-refractivity contribution in [2.24, 2.45) is 16.8 Å². The lowest BCUT2D eigenvalue weighted by Gasteiger charge is -2.11. The highest BCUT2D eigenvalue weighted by Crippen LogP contribution is 2.39. The summed E-state index contributed by atoms with van der Waals surface area (Å²) in [6, 6.07) is 16.5. The number of halogens is 2. The highest BCUT2D eigenvalue weighted by atomic mass is 35.5. The molecule has 1 saturated carbocycles. The number of nitrogens with one attached hydrogen (secondary N) is 1. The van der Waals surface area contributed by atoms with Crippen LogP contribution in [0.15, 0.2) is 81.4 Å². The summed E-state index contributed by atoms with van der Waals surface area (Å²) in [5.74, 6) is -1.26. The SMILES string of the molecule is O=C(O)C1CC1Cn1c(=O)[nH]/c(=N\c2ccc(Oc3ncccc3CF)cc2)n(Cc2ccc(Cl)cc2)c1=O. The minimum atomic E-state index is -0.943. The van der Waals surface area contributed by atoms with E-state index in [9.17, 15) is 23.9 Å². The molecule has 2 unspecified atom stereocenters. The van der Waals surface area contributed by atoms with Gasteiger partial charge >= 0.3 is 17.3 Å². The standard InChI is InChI=1S/C27H23ClFN5O5/c28-19-5-3-16(4-6-19)14-33-25(32-26(37)34(27(33)38)15-18-12-22(18)24(35)36)31-20-7-9-21(10-8-20)39-23-17(13-29)2-1-11-30-23/h1-11,18,22H,12-15H2,(H,35,36)(H,31,32,37). The maximum atomic E-state index is 13.4. The number of H-pyrrole nitrogens is 1. The van der Waals surface area contributed by atoms with E-state index in [1.807, 2.05) is 0 Å². The number of nitrogens with zero attached hydrogens (tertiary/aromatic N) is 4. The Hall–Kier alpha value is -4.51. The van der Waals surface area contributed by atoms with Crippen LogP contribution in [0, 0.1) is 11.8 Å². The van der Waals surface area contributed by atoms with Gasteiger partial charge in [0.1, 0.15) is 12.4 Å². The van der Waals surface area contributed by atoms with Crippen LogP contribution in [0.5, 0.6) is 11.6 Å². The Morgan fingerprint density at radius 3 is 2.54 bits per heavy atom. The molecule has 4 aromatic rings. The van der Waals surface area contributed by atoms with E-state index in [4.69, 9.17) is 16.3 Å². The van der Waals surface area contributed by atoms with Gasteiger partial charge in [0, 0.05) is 23.3 Å². The van der Waals surface area contributed by atoms with Gasteiger partial charge in [0.2, 0.25) is 11.5 Å². The van der Waals surface area contributed by atoms with E-state index >= 15 is 0 Å². The van der Waals surface area contributed by atoms with E-state index < -0.39 is 29.9 Å². The van der Waals surface area contributed by atoms with Crippen molar-refractivity contribution in [1.29, 1.82) is 0 Å². The van der Waals surface area contributed by atoms with Crippen molar-refractivity contribution in [3.63, 3.8) is 0 Å². The lowest BCUT2D eigenvalue weighted by atomic mass is 10.2. The summed E-state index contributed by atoms with van der Waals surface area (Å²) >= 11 is 6.00. The Morgan fingerprint density at radius 2 is 1.87 bits per heavy atom. The normalized spacial score (nSPS) is 16.7. The minimum Gasteiger partial charge on any atom is -0.481 e. The van der Waals surface area contributed by atoms with Crippen molar-refractivity contribution in [1.82, 2.24) is 19.1 Å². The topological polar surface area (TPSA) is 132 Å². The Balaban J connectivity index is 1.50. The molecule has 12 heteroatoms. The number of ether oxygens (including phenoxy) is 1. The van der Waals surface area contributed by atoms with Gasteiger partial charge in [-0.1, -0.05) is 23.7 Å². The van der Waals surface area contributed by atoms with Gasteiger partial charge in [-0.15, -0.1) is 0 Å². The first kappa shape index (κ1) is 26.1. The monoisotopic (exact) mass is 551 g/mol. The predicted molar refractivity (Wildman–Crippen MR) is 140 cm³/mol. The van der Waals surface area contributed by atoms with Crippen molar-refractivity contribution in [3.05, 3.63) is 110 Å². The van der Waals surface area contributed by atoms with Gasteiger partial charge < -0.3 is 9.84 Å². The van der Waals surface area contributed by atoms with Gasteiger partial charge in [-0.05, 0) is 66.4 Å². The molecule has 0 bridgehead atoms. The van der Waals surface area contributed by atoms with Crippen LogP contribution in [-0.4, -0.2) is 30.2 Å². The molecule has 200 valence electrons. The lowest BCUT2D eigenvalue weighted by Crippen LogP contribution is -2.50. The Kier molecular flexibility index (Phi) is 7.42. The molecule has 1 fully saturated rings. The van der Waals surface area contributed by atoms with Crippen LogP contribution >= 0.6 is 11.6 Å². The molecule has 10 nitrogen and oxygen atoms in total. The fourth-order valence-corrected chi connectivity index (χ4v) is 4.27. The van der Waals surface area contributed by atoms with Gasteiger partial charge in [0.25, 0.3) is 0 Å². The second kappa shape index (κ2) is 11.1. The largest absolute Gasteiger partial charge is 0.481 e. The number of hydrogen-bond acceptors (Lipinski definition) is 6. The summed E-state index contributed by atoms with van der Waals surface area (Å²) in [5.41, 5.74) is 0.191. The first-order valence-electron chi connectivity index (χ1n) is 12.1. The number of carbonyl (C=O) groups is 1. The second-order valence-corrected chi connectivity index (χ2v) is 9.55. The third-order valence-electron chi connectivity index (χ3n) is 6.37. The van der Waals surface area contributed by atoms with Gasteiger partial charge in [-0.2, -0.15) is 0 Å². The number of carboxylic acids is 1. The third-order valence-corrected chi connectivity index (χ3v) is 6.62. The van der Waals surface area contributed by atoms with E-state index in [1.54, 1.807) is 60.7 Å². The van der Waals surface area contributed by atoms with Crippen LogP contribution in [0.4, 0.5) is 10.1 Å². The van der Waals surface area contributed by atoms with Crippen LogP contribution < -0.4 is 21.7 Å². The molecule has 0 amide bonds. The first-order valence-corrected chi connectivity index (χ1v) is 12.4. The molecule has 2 N–H and O–H groups in total. The van der Waals surface area contributed by atoms with Gasteiger partial charge in [0.05, 0.1) is 18.2 Å². The Bertz CT molecular complexity index is 1700. The van der Waals surface area contributed by atoms with Crippen LogP contribution in [-0.2, 0) is 24.6 Å². The van der Waals surface area contributed by atoms with Gasteiger partial charge in [0.15, 0.2) is 0 Å². The molecule has 0 radical (unpaired) electrons. The van der Waals surface area contributed by atoms with Crippen LogP contribution in [0.2, 0.25) is 5.02 Å². The van der Waals surface area contributed by atoms with E-state index in [0.717, 1.165) is 10.1 Å². The maximum absolute atomic E-state index is 13.4.